The average molecular weight is 386 g/mol. The van der Waals surface area contributed by atoms with E-state index in [1.54, 1.807) is 26.4 Å². The molecule has 2 aromatic heterocycles. The Kier molecular flexibility index (Phi) is 3.87. The molecular formula is C22H18N4O3. The molecule has 0 bridgehead atoms. The molecule has 5 rings (SSSR count). The summed E-state index contributed by atoms with van der Waals surface area (Å²) in [5.74, 6) is 2.13. The molecule has 2 N–H and O–H groups in total. The highest BCUT2D eigenvalue weighted by Gasteiger charge is 2.17. The maximum atomic E-state index is 9.60. The molecular weight excluding hydrogens is 368 g/mol. The molecule has 0 fully saturated rings. The number of imidazole rings is 1. The normalized spacial score (nSPS) is 11.2. The Labute approximate surface area is 166 Å². The minimum atomic E-state index is 0.214. The van der Waals surface area contributed by atoms with Crippen LogP contribution >= 0.6 is 0 Å². The van der Waals surface area contributed by atoms with Crippen molar-refractivity contribution in [2.75, 3.05) is 14.2 Å². The minimum Gasteiger partial charge on any atom is -0.508 e. The number of ether oxygens (including phenoxy) is 2. The van der Waals surface area contributed by atoms with Gasteiger partial charge in [0.1, 0.15) is 11.4 Å². The molecule has 0 amide bonds. The first-order valence-electron chi connectivity index (χ1n) is 9.07. The van der Waals surface area contributed by atoms with Gasteiger partial charge in [0.2, 0.25) is 0 Å². The van der Waals surface area contributed by atoms with Crippen molar-refractivity contribution in [2.45, 2.75) is 0 Å². The molecule has 0 aliphatic carbocycles. The van der Waals surface area contributed by atoms with Crippen LogP contribution in [0.5, 0.6) is 17.2 Å². The maximum absolute atomic E-state index is 9.60. The molecule has 5 aromatic rings. The lowest BCUT2D eigenvalue weighted by Gasteiger charge is -2.06. The second kappa shape index (κ2) is 6.56. The largest absolute Gasteiger partial charge is 0.508 e. The van der Waals surface area contributed by atoms with Crippen LogP contribution in [0.1, 0.15) is 0 Å². The van der Waals surface area contributed by atoms with E-state index in [2.05, 4.69) is 4.98 Å². The van der Waals surface area contributed by atoms with E-state index < -0.39 is 0 Å². The van der Waals surface area contributed by atoms with Crippen molar-refractivity contribution in [3.63, 3.8) is 0 Å². The van der Waals surface area contributed by atoms with Crippen LogP contribution in [0.4, 0.5) is 0 Å². The number of methoxy groups -OCH3 is 2. The number of aromatic nitrogens is 4. The summed E-state index contributed by atoms with van der Waals surface area (Å²) in [7, 11) is 3.21. The van der Waals surface area contributed by atoms with E-state index in [1.165, 1.54) is 0 Å². The number of aromatic amines is 1. The van der Waals surface area contributed by atoms with Crippen LogP contribution in [0.25, 0.3) is 39.1 Å². The lowest BCUT2D eigenvalue weighted by molar-refractivity contribution is 0.356. The van der Waals surface area contributed by atoms with E-state index in [-0.39, 0.29) is 5.75 Å². The number of rotatable bonds is 4. The van der Waals surface area contributed by atoms with E-state index in [0.717, 1.165) is 33.3 Å². The zero-order valence-corrected chi connectivity index (χ0v) is 15.9. The highest BCUT2D eigenvalue weighted by Crippen LogP contribution is 2.34. The van der Waals surface area contributed by atoms with Crippen LogP contribution in [0.3, 0.4) is 0 Å². The van der Waals surface area contributed by atoms with Gasteiger partial charge in [-0.2, -0.15) is 5.10 Å². The SMILES string of the molecule is COc1cc2nc(-c3nn(-c4ccc(O)cc4)c4ccccc34)[nH]c2cc1OC. The van der Waals surface area contributed by atoms with Crippen molar-refractivity contribution in [1.82, 2.24) is 19.7 Å². The van der Waals surface area contributed by atoms with Crippen molar-refractivity contribution < 1.29 is 14.6 Å². The molecule has 29 heavy (non-hydrogen) atoms. The van der Waals surface area contributed by atoms with E-state index in [9.17, 15) is 5.11 Å². The molecule has 2 heterocycles. The maximum Gasteiger partial charge on any atom is 0.163 e. The molecule has 0 atom stereocenters. The van der Waals surface area contributed by atoms with Crippen molar-refractivity contribution in [3.05, 3.63) is 60.7 Å². The summed E-state index contributed by atoms with van der Waals surface area (Å²) in [6.45, 7) is 0. The Bertz CT molecular complexity index is 1290. The van der Waals surface area contributed by atoms with Gasteiger partial charge in [-0.3, -0.25) is 0 Å². The van der Waals surface area contributed by atoms with Crippen LogP contribution in [0.2, 0.25) is 0 Å². The Morgan fingerprint density at radius 1 is 0.931 bits per heavy atom. The number of aromatic hydroxyl groups is 1. The molecule has 0 saturated heterocycles. The highest BCUT2D eigenvalue weighted by molar-refractivity contribution is 5.94. The van der Waals surface area contributed by atoms with E-state index in [4.69, 9.17) is 19.6 Å². The fraction of sp³-hybridized carbons (Fsp3) is 0.0909. The van der Waals surface area contributed by atoms with Crippen LogP contribution in [0.15, 0.2) is 60.7 Å². The number of benzene rings is 3. The predicted octanol–water partition coefficient (Wildman–Crippen LogP) is 4.29. The fourth-order valence-electron chi connectivity index (χ4n) is 3.48. The van der Waals surface area contributed by atoms with Gasteiger partial charge in [0.25, 0.3) is 0 Å². The first-order chi connectivity index (χ1) is 14.2. The molecule has 0 unspecified atom stereocenters. The van der Waals surface area contributed by atoms with Gasteiger partial charge in [-0.05, 0) is 30.3 Å². The number of phenolic OH excluding ortho intramolecular Hbond substituents is 1. The van der Waals surface area contributed by atoms with Crippen molar-refractivity contribution in [1.29, 1.82) is 0 Å². The highest BCUT2D eigenvalue weighted by atomic mass is 16.5. The second-order valence-corrected chi connectivity index (χ2v) is 6.60. The van der Waals surface area contributed by atoms with Crippen LogP contribution in [-0.2, 0) is 0 Å². The third-order valence-electron chi connectivity index (χ3n) is 4.89. The molecule has 0 aliphatic heterocycles. The van der Waals surface area contributed by atoms with E-state index in [0.29, 0.717) is 17.3 Å². The molecule has 0 radical (unpaired) electrons. The number of hydrogen-bond donors (Lipinski definition) is 2. The molecule has 0 spiro atoms. The zero-order chi connectivity index (χ0) is 20.0. The number of hydrogen-bond acceptors (Lipinski definition) is 5. The first kappa shape index (κ1) is 17.1. The molecule has 3 aromatic carbocycles. The van der Waals surface area contributed by atoms with Gasteiger partial charge in [0.15, 0.2) is 17.3 Å². The zero-order valence-electron chi connectivity index (χ0n) is 15.9. The summed E-state index contributed by atoms with van der Waals surface area (Å²) in [6, 6.07) is 18.6. The number of fused-ring (bicyclic) bond motifs is 2. The number of H-pyrrole nitrogens is 1. The number of phenols is 1. The number of nitrogens with one attached hydrogen (secondary N) is 1. The molecule has 7 heteroatoms. The summed E-state index contributed by atoms with van der Waals surface area (Å²) in [6.07, 6.45) is 0. The van der Waals surface area contributed by atoms with Crippen LogP contribution in [-0.4, -0.2) is 39.1 Å². The van der Waals surface area contributed by atoms with Gasteiger partial charge in [0.05, 0.1) is 36.5 Å². The van der Waals surface area contributed by atoms with Crippen molar-refractivity contribution >= 4 is 21.9 Å². The van der Waals surface area contributed by atoms with Crippen LogP contribution < -0.4 is 9.47 Å². The van der Waals surface area contributed by atoms with Gasteiger partial charge in [0, 0.05) is 17.5 Å². The topological polar surface area (TPSA) is 85.2 Å². The second-order valence-electron chi connectivity index (χ2n) is 6.60. The summed E-state index contributed by atoms with van der Waals surface area (Å²) in [5.41, 5.74) is 4.14. The van der Waals surface area contributed by atoms with Gasteiger partial charge in [-0.1, -0.05) is 18.2 Å². The van der Waals surface area contributed by atoms with Gasteiger partial charge in [-0.15, -0.1) is 0 Å². The summed E-state index contributed by atoms with van der Waals surface area (Å²) >= 11 is 0. The molecule has 0 aliphatic rings. The standard InChI is InChI=1S/C22H18N4O3/c1-28-19-11-16-17(12-20(19)29-2)24-22(23-16)21-15-5-3-4-6-18(15)26(25-21)13-7-9-14(27)10-8-13/h3-12,27H,1-2H3,(H,23,24). The number of nitrogens with zero attached hydrogens (tertiary/aromatic N) is 3. The monoisotopic (exact) mass is 386 g/mol. The van der Waals surface area contributed by atoms with E-state index >= 15 is 0 Å². The summed E-state index contributed by atoms with van der Waals surface area (Å²) in [4.78, 5) is 8.07. The smallest absolute Gasteiger partial charge is 0.163 e. The van der Waals surface area contributed by atoms with Gasteiger partial charge >= 0.3 is 0 Å². The number of para-hydroxylation sites is 1. The predicted molar refractivity (Wildman–Crippen MR) is 111 cm³/mol. The Balaban J connectivity index is 1.72. The Morgan fingerprint density at radius 2 is 1.66 bits per heavy atom. The Hall–Kier alpha value is -4.00. The lowest BCUT2D eigenvalue weighted by atomic mass is 10.2. The van der Waals surface area contributed by atoms with Gasteiger partial charge < -0.3 is 19.6 Å². The fourth-order valence-corrected chi connectivity index (χ4v) is 3.48. The first-order valence-corrected chi connectivity index (χ1v) is 9.07. The van der Waals surface area contributed by atoms with Crippen molar-refractivity contribution in [2.24, 2.45) is 0 Å². The quantitative estimate of drug-likeness (QED) is 0.481. The van der Waals surface area contributed by atoms with E-state index in [1.807, 2.05) is 53.2 Å². The minimum absolute atomic E-state index is 0.214. The average Bonchev–Trinajstić information content (AvgIpc) is 3.34. The lowest BCUT2D eigenvalue weighted by Crippen LogP contribution is -1.96. The Morgan fingerprint density at radius 3 is 2.41 bits per heavy atom. The molecule has 144 valence electrons. The third kappa shape index (κ3) is 2.75. The molecule has 7 nitrogen and oxygen atoms in total. The summed E-state index contributed by atoms with van der Waals surface area (Å²) < 4.78 is 12.6. The van der Waals surface area contributed by atoms with Crippen molar-refractivity contribution in [3.8, 4) is 34.5 Å². The third-order valence-corrected chi connectivity index (χ3v) is 4.89. The van der Waals surface area contributed by atoms with Gasteiger partial charge in [-0.25, -0.2) is 9.67 Å². The summed E-state index contributed by atoms with van der Waals surface area (Å²) in [5, 5.41) is 15.4. The van der Waals surface area contributed by atoms with Crippen LogP contribution in [0, 0.1) is 0 Å². The molecule has 0 saturated carbocycles.